The van der Waals surface area contributed by atoms with Gasteiger partial charge in [0.2, 0.25) is 10.0 Å². The smallest absolute Gasteiger partial charge is 0.208 e. The van der Waals surface area contributed by atoms with Crippen molar-refractivity contribution in [2.75, 3.05) is 32.4 Å². The summed E-state index contributed by atoms with van der Waals surface area (Å²) in [6.07, 6.45) is 21.7. The molecular formula is C34H53N5O2S. The van der Waals surface area contributed by atoms with Gasteiger partial charge in [0.1, 0.15) is 5.82 Å². The van der Waals surface area contributed by atoms with Crippen molar-refractivity contribution in [1.29, 1.82) is 0 Å². The Bertz CT molecular complexity index is 1300. The first-order chi connectivity index (χ1) is 20.4. The van der Waals surface area contributed by atoms with Crippen LogP contribution in [0, 0.1) is 17.8 Å². The number of likely N-dealkylation sites (tertiary alicyclic amines) is 1. The molecule has 1 aromatic carbocycles. The number of rotatable bonds is 8. The van der Waals surface area contributed by atoms with E-state index in [0.29, 0.717) is 18.5 Å². The lowest BCUT2D eigenvalue weighted by atomic mass is 9.73. The molecule has 2 aromatic rings. The lowest BCUT2D eigenvalue weighted by molar-refractivity contribution is -0.0420. The van der Waals surface area contributed by atoms with Gasteiger partial charge in [-0.05, 0) is 94.2 Å². The molecule has 3 aliphatic heterocycles. The maximum absolute atomic E-state index is 11.5. The average molecular weight is 596 g/mol. The van der Waals surface area contributed by atoms with Crippen LogP contribution in [0.5, 0.6) is 0 Å². The standard InChI is InChI=1S/C34H53N5O2S/c1-42(40,41)35-15-17-37-16-7-10-27(24-37)21-34-36-32-13-4-5-14-33(32)39(34)31-22-28-11-6-12-29(23-31)38(28)30-19-25-8-2-3-9-26(18-25)20-30/h4-5,13-14,25-31,35H,2-3,6-12,15-24H2,1H3/t25-,26+,27-,28-,29+,30+,31-/m0/s1. The highest BCUT2D eigenvalue weighted by Gasteiger charge is 2.45. The van der Waals surface area contributed by atoms with E-state index in [0.717, 1.165) is 61.5 Å². The topological polar surface area (TPSA) is 70.5 Å². The molecule has 0 unspecified atom stereocenters. The molecule has 0 spiro atoms. The SMILES string of the molecule is CS(=O)(=O)NCCN1CCC[C@@H](Cc2nc3ccccc3n2[C@@H]2C[C@H]3CCC[C@@H](C2)N3[C@H]2C[C@@H]3CCCC[C@@H](C3)C2)C1. The van der Waals surface area contributed by atoms with Crippen LogP contribution in [0.1, 0.15) is 102 Å². The highest BCUT2D eigenvalue weighted by Crippen LogP contribution is 2.47. The molecule has 7 nitrogen and oxygen atoms in total. The molecule has 1 aromatic heterocycles. The van der Waals surface area contributed by atoms with Crippen molar-refractivity contribution in [2.24, 2.45) is 17.8 Å². The van der Waals surface area contributed by atoms with Crippen molar-refractivity contribution in [3.8, 4) is 0 Å². The number of hydrogen-bond acceptors (Lipinski definition) is 5. The monoisotopic (exact) mass is 595 g/mol. The summed E-state index contributed by atoms with van der Waals surface area (Å²) in [6, 6.07) is 11.7. The third kappa shape index (κ3) is 6.47. The molecule has 5 fully saturated rings. The normalized spacial score (nSPS) is 34.8. The van der Waals surface area contributed by atoms with Crippen LogP contribution >= 0.6 is 0 Å². The first-order valence-electron chi connectivity index (χ1n) is 17.3. The Morgan fingerprint density at radius 3 is 2.31 bits per heavy atom. The second kappa shape index (κ2) is 12.5. The largest absolute Gasteiger partial charge is 0.325 e. The molecule has 1 N–H and O–H groups in total. The molecule has 3 saturated heterocycles. The molecule has 2 saturated carbocycles. The molecular weight excluding hydrogens is 542 g/mol. The Hall–Kier alpha value is -1.48. The number of piperidine rings is 3. The molecule has 8 heteroatoms. The molecule has 7 rings (SSSR count). The fourth-order valence-electron chi connectivity index (χ4n) is 10.1. The van der Waals surface area contributed by atoms with Gasteiger partial charge in [0.15, 0.2) is 0 Å². The molecule has 4 bridgehead atoms. The van der Waals surface area contributed by atoms with Crippen molar-refractivity contribution in [3.05, 3.63) is 30.1 Å². The molecule has 42 heavy (non-hydrogen) atoms. The number of sulfonamides is 1. The van der Waals surface area contributed by atoms with Crippen molar-refractivity contribution in [2.45, 2.75) is 120 Å². The van der Waals surface area contributed by atoms with E-state index in [1.165, 1.54) is 107 Å². The fraction of sp³-hybridized carbons (Fsp3) is 0.794. The number of nitrogens with zero attached hydrogens (tertiary/aromatic N) is 4. The third-order valence-electron chi connectivity index (χ3n) is 11.7. The van der Waals surface area contributed by atoms with E-state index in [9.17, 15) is 8.42 Å². The van der Waals surface area contributed by atoms with Gasteiger partial charge in [0.05, 0.1) is 17.3 Å². The average Bonchev–Trinajstić information content (AvgIpc) is 3.22. The molecule has 5 aliphatic rings. The number of hydrogen-bond donors (Lipinski definition) is 1. The van der Waals surface area contributed by atoms with Gasteiger partial charge < -0.3 is 9.47 Å². The van der Waals surface area contributed by atoms with E-state index in [-0.39, 0.29) is 0 Å². The zero-order chi connectivity index (χ0) is 28.7. The number of fused-ring (bicyclic) bond motifs is 5. The van der Waals surface area contributed by atoms with Crippen LogP contribution in [0.4, 0.5) is 0 Å². The number of imidazole rings is 1. The summed E-state index contributed by atoms with van der Waals surface area (Å²) in [5.41, 5.74) is 2.49. The summed E-state index contributed by atoms with van der Waals surface area (Å²) in [5, 5.41) is 0. The predicted octanol–water partition coefficient (Wildman–Crippen LogP) is 5.76. The van der Waals surface area contributed by atoms with E-state index in [1.807, 2.05) is 0 Å². The van der Waals surface area contributed by atoms with Gasteiger partial charge in [0, 0.05) is 50.2 Å². The highest BCUT2D eigenvalue weighted by molar-refractivity contribution is 7.88. The van der Waals surface area contributed by atoms with Crippen LogP contribution in [0.25, 0.3) is 11.0 Å². The highest BCUT2D eigenvalue weighted by atomic mass is 32.2. The van der Waals surface area contributed by atoms with Gasteiger partial charge >= 0.3 is 0 Å². The summed E-state index contributed by atoms with van der Waals surface area (Å²) < 4.78 is 28.5. The lowest BCUT2D eigenvalue weighted by Gasteiger charge is -2.54. The predicted molar refractivity (Wildman–Crippen MR) is 170 cm³/mol. The van der Waals surface area contributed by atoms with E-state index in [1.54, 1.807) is 0 Å². The van der Waals surface area contributed by atoms with Crippen LogP contribution in [0.3, 0.4) is 0 Å². The second-order valence-electron chi connectivity index (χ2n) is 14.8. The summed E-state index contributed by atoms with van der Waals surface area (Å²) in [5.74, 6) is 3.82. The van der Waals surface area contributed by atoms with E-state index >= 15 is 0 Å². The minimum Gasteiger partial charge on any atom is -0.325 e. The summed E-state index contributed by atoms with van der Waals surface area (Å²) in [4.78, 5) is 10.8. The van der Waals surface area contributed by atoms with Crippen LogP contribution in [-0.4, -0.2) is 78.3 Å². The first-order valence-corrected chi connectivity index (χ1v) is 19.2. The first kappa shape index (κ1) is 29.2. The fourth-order valence-corrected chi connectivity index (χ4v) is 10.6. The van der Waals surface area contributed by atoms with Crippen molar-refractivity contribution in [1.82, 2.24) is 24.1 Å². The molecule has 7 atom stereocenters. The molecule has 232 valence electrons. The van der Waals surface area contributed by atoms with Gasteiger partial charge in [-0.1, -0.05) is 44.2 Å². The zero-order valence-electron chi connectivity index (χ0n) is 25.8. The van der Waals surface area contributed by atoms with E-state index in [4.69, 9.17) is 4.98 Å². The molecule has 4 heterocycles. The van der Waals surface area contributed by atoms with Gasteiger partial charge in [-0.25, -0.2) is 18.1 Å². The lowest BCUT2D eigenvalue weighted by Crippen LogP contribution is -2.58. The van der Waals surface area contributed by atoms with Gasteiger partial charge in [-0.2, -0.15) is 0 Å². The van der Waals surface area contributed by atoms with Crippen molar-refractivity contribution in [3.63, 3.8) is 0 Å². The van der Waals surface area contributed by atoms with Crippen LogP contribution in [0.15, 0.2) is 24.3 Å². The van der Waals surface area contributed by atoms with Crippen LogP contribution in [0.2, 0.25) is 0 Å². The van der Waals surface area contributed by atoms with Crippen molar-refractivity contribution < 1.29 is 8.42 Å². The number of para-hydroxylation sites is 2. The number of aromatic nitrogens is 2. The van der Waals surface area contributed by atoms with E-state index < -0.39 is 10.0 Å². The minimum atomic E-state index is -3.14. The van der Waals surface area contributed by atoms with Crippen LogP contribution < -0.4 is 4.72 Å². The molecule has 0 amide bonds. The maximum atomic E-state index is 11.5. The van der Waals surface area contributed by atoms with Gasteiger partial charge in [0.25, 0.3) is 0 Å². The summed E-state index contributed by atoms with van der Waals surface area (Å²) in [6.45, 7) is 3.37. The second-order valence-corrected chi connectivity index (χ2v) is 16.6. The Morgan fingerprint density at radius 2 is 1.57 bits per heavy atom. The van der Waals surface area contributed by atoms with Gasteiger partial charge in [-0.15, -0.1) is 0 Å². The quantitative estimate of drug-likeness (QED) is 0.421. The van der Waals surface area contributed by atoms with Crippen LogP contribution in [-0.2, 0) is 16.4 Å². The Kier molecular flexibility index (Phi) is 8.70. The summed E-state index contributed by atoms with van der Waals surface area (Å²) >= 11 is 0. The van der Waals surface area contributed by atoms with Gasteiger partial charge in [-0.3, -0.25) is 4.90 Å². The maximum Gasteiger partial charge on any atom is 0.208 e. The Morgan fingerprint density at radius 1 is 0.833 bits per heavy atom. The molecule has 2 aliphatic carbocycles. The number of nitrogens with one attached hydrogen (secondary N) is 1. The molecule has 0 radical (unpaired) electrons. The zero-order valence-corrected chi connectivity index (χ0v) is 26.6. The Balaban J connectivity index is 1.09. The minimum absolute atomic E-state index is 0.494. The van der Waals surface area contributed by atoms with E-state index in [2.05, 4.69) is 43.4 Å². The summed E-state index contributed by atoms with van der Waals surface area (Å²) in [7, 11) is -3.14. The third-order valence-corrected chi connectivity index (χ3v) is 12.4. The Labute approximate surface area is 253 Å². The van der Waals surface area contributed by atoms with Crippen molar-refractivity contribution >= 4 is 21.1 Å². The number of benzene rings is 1.